The standard InChI is InChI=1S/C7H11BrN2OS/c8-4-1-6(12-3-4)7(10)5(9)2-11/h1,3,5,7,11H,2,9-10H2. The van der Waals surface area contributed by atoms with Crippen LogP contribution in [-0.2, 0) is 0 Å². The third kappa shape index (κ3) is 2.27. The van der Waals surface area contributed by atoms with Gasteiger partial charge in [-0.25, -0.2) is 0 Å². The van der Waals surface area contributed by atoms with Crippen LogP contribution in [0, 0.1) is 0 Å². The van der Waals surface area contributed by atoms with E-state index in [9.17, 15) is 0 Å². The molecule has 2 atom stereocenters. The summed E-state index contributed by atoms with van der Waals surface area (Å²) in [5, 5.41) is 10.7. The molecule has 1 rings (SSSR count). The van der Waals surface area contributed by atoms with E-state index >= 15 is 0 Å². The molecule has 0 aliphatic rings. The van der Waals surface area contributed by atoms with E-state index < -0.39 is 0 Å². The first-order chi connectivity index (χ1) is 5.65. The molecule has 1 heterocycles. The Balaban J connectivity index is 2.70. The molecule has 0 saturated heterocycles. The number of hydrogen-bond donors (Lipinski definition) is 3. The van der Waals surface area contributed by atoms with E-state index in [-0.39, 0.29) is 18.7 Å². The second kappa shape index (κ2) is 4.34. The van der Waals surface area contributed by atoms with Crippen molar-refractivity contribution in [3.63, 3.8) is 0 Å². The number of halogens is 1. The molecule has 5 heteroatoms. The van der Waals surface area contributed by atoms with Gasteiger partial charge in [0.25, 0.3) is 0 Å². The van der Waals surface area contributed by atoms with Crippen molar-refractivity contribution >= 4 is 27.3 Å². The van der Waals surface area contributed by atoms with Crippen LogP contribution in [0.2, 0.25) is 0 Å². The summed E-state index contributed by atoms with van der Waals surface area (Å²) in [6, 6.07) is 1.27. The number of aliphatic hydroxyl groups excluding tert-OH is 1. The maximum absolute atomic E-state index is 8.76. The molecule has 0 spiro atoms. The predicted octanol–water partition coefficient (Wildman–Crippen LogP) is 0.830. The Hall–Kier alpha value is 0.0600. The van der Waals surface area contributed by atoms with E-state index in [1.807, 2.05) is 11.4 Å². The molecule has 2 unspecified atom stereocenters. The summed E-state index contributed by atoms with van der Waals surface area (Å²) in [4.78, 5) is 0.989. The number of aliphatic hydroxyl groups is 1. The zero-order valence-electron chi connectivity index (χ0n) is 6.40. The lowest BCUT2D eigenvalue weighted by Crippen LogP contribution is -2.36. The van der Waals surface area contributed by atoms with E-state index in [4.69, 9.17) is 16.6 Å². The van der Waals surface area contributed by atoms with E-state index in [0.717, 1.165) is 9.35 Å². The van der Waals surface area contributed by atoms with Crippen molar-refractivity contribution in [1.29, 1.82) is 0 Å². The molecule has 0 fully saturated rings. The van der Waals surface area contributed by atoms with Crippen LogP contribution >= 0.6 is 27.3 Å². The Morgan fingerprint density at radius 3 is 2.67 bits per heavy atom. The van der Waals surface area contributed by atoms with Crippen LogP contribution < -0.4 is 11.5 Å². The van der Waals surface area contributed by atoms with Crippen LogP contribution in [0.15, 0.2) is 15.9 Å². The van der Waals surface area contributed by atoms with E-state index in [1.165, 1.54) is 11.3 Å². The first-order valence-corrected chi connectivity index (χ1v) is 5.18. The second-order valence-corrected chi connectivity index (χ2v) is 4.40. The highest BCUT2D eigenvalue weighted by Crippen LogP contribution is 2.25. The zero-order valence-corrected chi connectivity index (χ0v) is 8.81. The topological polar surface area (TPSA) is 72.3 Å². The van der Waals surface area contributed by atoms with Crippen molar-refractivity contribution in [2.24, 2.45) is 11.5 Å². The lowest BCUT2D eigenvalue weighted by Gasteiger charge is -2.15. The zero-order chi connectivity index (χ0) is 9.14. The molecule has 0 saturated carbocycles. The average molecular weight is 251 g/mol. The quantitative estimate of drug-likeness (QED) is 0.745. The molecule has 1 aromatic heterocycles. The van der Waals surface area contributed by atoms with Crippen molar-refractivity contribution < 1.29 is 5.11 Å². The van der Waals surface area contributed by atoms with Gasteiger partial charge in [-0.1, -0.05) is 0 Å². The first kappa shape index (κ1) is 10.1. The van der Waals surface area contributed by atoms with Gasteiger partial charge in [0.15, 0.2) is 0 Å². The minimum atomic E-state index is -0.379. The predicted molar refractivity (Wildman–Crippen MR) is 54.0 cm³/mol. The highest BCUT2D eigenvalue weighted by atomic mass is 79.9. The number of rotatable bonds is 3. The van der Waals surface area contributed by atoms with Gasteiger partial charge in [0.05, 0.1) is 12.6 Å². The van der Waals surface area contributed by atoms with Gasteiger partial charge in [0.2, 0.25) is 0 Å². The van der Waals surface area contributed by atoms with Crippen molar-refractivity contribution in [3.05, 3.63) is 20.8 Å². The minimum Gasteiger partial charge on any atom is -0.395 e. The average Bonchev–Trinajstić information content (AvgIpc) is 2.49. The van der Waals surface area contributed by atoms with E-state index in [0.29, 0.717) is 0 Å². The second-order valence-electron chi connectivity index (χ2n) is 2.54. The van der Waals surface area contributed by atoms with Crippen LogP contribution in [0.25, 0.3) is 0 Å². The summed E-state index contributed by atoms with van der Waals surface area (Å²) < 4.78 is 1.00. The lowest BCUT2D eigenvalue weighted by molar-refractivity contribution is 0.250. The molecule has 0 aliphatic heterocycles. The van der Waals surface area contributed by atoms with E-state index in [1.54, 1.807) is 0 Å². The maximum atomic E-state index is 8.76. The Morgan fingerprint density at radius 2 is 2.25 bits per heavy atom. The van der Waals surface area contributed by atoms with E-state index in [2.05, 4.69) is 15.9 Å². The monoisotopic (exact) mass is 250 g/mol. The molecule has 1 aromatic rings. The Morgan fingerprint density at radius 1 is 1.58 bits per heavy atom. The van der Waals surface area contributed by atoms with Gasteiger partial charge < -0.3 is 16.6 Å². The summed E-state index contributed by atoms with van der Waals surface area (Å²) >= 11 is 4.86. The summed E-state index contributed by atoms with van der Waals surface area (Å²) in [6.07, 6.45) is 0. The molecular formula is C7H11BrN2OS. The Bertz CT molecular complexity index is 253. The van der Waals surface area contributed by atoms with Crippen molar-refractivity contribution in [2.75, 3.05) is 6.61 Å². The highest BCUT2D eigenvalue weighted by molar-refractivity contribution is 9.10. The molecule has 0 radical (unpaired) electrons. The number of thiophene rings is 1. The highest BCUT2D eigenvalue weighted by Gasteiger charge is 2.15. The maximum Gasteiger partial charge on any atom is 0.0601 e. The third-order valence-corrected chi connectivity index (χ3v) is 3.38. The molecular weight excluding hydrogens is 240 g/mol. The Labute approximate surface area is 83.5 Å². The van der Waals surface area contributed by atoms with Gasteiger partial charge in [0, 0.05) is 20.8 Å². The molecule has 0 aromatic carbocycles. The van der Waals surface area contributed by atoms with Crippen LogP contribution in [0.4, 0.5) is 0 Å². The van der Waals surface area contributed by atoms with Gasteiger partial charge in [-0.05, 0) is 22.0 Å². The van der Waals surface area contributed by atoms with Gasteiger partial charge in [-0.2, -0.15) is 0 Å². The SMILES string of the molecule is NC(CO)C(N)c1cc(Br)cs1. The van der Waals surface area contributed by atoms with Crippen LogP contribution in [0.3, 0.4) is 0 Å². The molecule has 0 bridgehead atoms. The smallest absolute Gasteiger partial charge is 0.0601 e. The van der Waals surface area contributed by atoms with Crippen molar-refractivity contribution in [2.45, 2.75) is 12.1 Å². The molecule has 68 valence electrons. The minimum absolute atomic E-state index is 0.0866. The molecule has 3 nitrogen and oxygen atoms in total. The molecule has 12 heavy (non-hydrogen) atoms. The fourth-order valence-electron chi connectivity index (χ4n) is 0.828. The van der Waals surface area contributed by atoms with Gasteiger partial charge in [-0.3, -0.25) is 0 Å². The van der Waals surface area contributed by atoms with Crippen molar-refractivity contribution in [1.82, 2.24) is 0 Å². The van der Waals surface area contributed by atoms with Gasteiger partial charge >= 0.3 is 0 Å². The molecule has 5 N–H and O–H groups in total. The summed E-state index contributed by atoms with van der Waals surface area (Å²) in [5.41, 5.74) is 11.3. The summed E-state index contributed by atoms with van der Waals surface area (Å²) in [7, 11) is 0. The largest absolute Gasteiger partial charge is 0.395 e. The molecule has 0 aliphatic carbocycles. The summed E-state index contributed by atoms with van der Waals surface area (Å²) in [5.74, 6) is 0. The lowest BCUT2D eigenvalue weighted by atomic mass is 10.1. The van der Waals surface area contributed by atoms with Crippen LogP contribution in [0.5, 0.6) is 0 Å². The number of nitrogens with two attached hydrogens (primary N) is 2. The normalized spacial score (nSPS) is 16.0. The van der Waals surface area contributed by atoms with Gasteiger partial charge in [0.1, 0.15) is 0 Å². The molecule has 0 amide bonds. The van der Waals surface area contributed by atoms with Crippen LogP contribution in [-0.4, -0.2) is 17.8 Å². The van der Waals surface area contributed by atoms with Crippen LogP contribution in [0.1, 0.15) is 10.9 Å². The Kier molecular flexibility index (Phi) is 3.67. The van der Waals surface area contributed by atoms with Crippen molar-refractivity contribution in [3.8, 4) is 0 Å². The van der Waals surface area contributed by atoms with Gasteiger partial charge in [-0.15, -0.1) is 11.3 Å². The fourth-order valence-corrected chi connectivity index (χ4v) is 2.35. The third-order valence-electron chi connectivity index (χ3n) is 1.59. The fraction of sp³-hybridized carbons (Fsp3) is 0.429. The summed E-state index contributed by atoms with van der Waals surface area (Å²) in [6.45, 7) is -0.0866. The number of hydrogen-bond acceptors (Lipinski definition) is 4. The first-order valence-electron chi connectivity index (χ1n) is 3.51.